The number of thioether (sulfide) groups is 1. The predicted molar refractivity (Wildman–Crippen MR) is 189 cm³/mol. The molecule has 0 aromatic heterocycles. The molecular weight excluding hydrogens is 502 g/mol. The molecule has 0 aliphatic heterocycles. The molecule has 0 amide bonds. The van der Waals surface area contributed by atoms with Gasteiger partial charge in [-0.1, -0.05) is 147 Å². The van der Waals surface area contributed by atoms with E-state index >= 15 is 0 Å². The monoisotopic (exact) mass is 576 g/mol. The number of hydrogen-bond acceptors (Lipinski definition) is 2. The van der Waals surface area contributed by atoms with Gasteiger partial charge in [0.05, 0.1) is 0 Å². The quantitative estimate of drug-likeness (QED) is 0.0605. The van der Waals surface area contributed by atoms with Crippen molar-refractivity contribution in [3.63, 3.8) is 0 Å². The van der Waals surface area contributed by atoms with Crippen molar-refractivity contribution < 1.29 is 0 Å². The third kappa shape index (κ3) is 37.5. The van der Waals surface area contributed by atoms with Crippen LogP contribution in [0.1, 0.15) is 181 Å². The van der Waals surface area contributed by atoms with Gasteiger partial charge in [0.1, 0.15) is 0 Å². The molecule has 236 valence electrons. The van der Waals surface area contributed by atoms with Gasteiger partial charge in [0.25, 0.3) is 0 Å². The molecule has 40 heavy (non-hydrogen) atoms. The molecule has 0 aliphatic rings. The molecule has 0 saturated carbocycles. The van der Waals surface area contributed by atoms with Crippen molar-refractivity contribution in [2.24, 2.45) is 0 Å². The number of allylic oxidation sites excluding steroid dienone is 6. The summed E-state index contributed by atoms with van der Waals surface area (Å²) in [5.74, 6) is 2.64. The van der Waals surface area contributed by atoms with Crippen molar-refractivity contribution in [2.75, 3.05) is 24.6 Å². The maximum Gasteiger partial charge on any atom is 0.00581 e. The minimum Gasteiger partial charge on any atom is -0.316 e. The SMILES string of the molecule is CCCCCC=CCC=CCCCCCCCCNCCSCCCCCCCC/C=C\CCCCCCCC. The summed E-state index contributed by atoms with van der Waals surface area (Å²) in [7, 11) is 0. The van der Waals surface area contributed by atoms with Crippen LogP contribution in [0.3, 0.4) is 0 Å². The van der Waals surface area contributed by atoms with Crippen molar-refractivity contribution in [3.8, 4) is 0 Å². The van der Waals surface area contributed by atoms with Gasteiger partial charge in [-0.05, 0) is 82.9 Å². The lowest BCUT2D eigenvalue weighted by molar-refractivity contribution is 0.574. The van der Waals surface area contributed by atoms with Crippen molar-refractivity contribution in [1.29, 1.82) is 0 Å². The fourth-order valence-corrected chi connectivity index (χ4v) is 5.96. The summed E-state index contributed by atoms with van der Waals surface area (Å²) in [6.07, 6.45) is 49.9. The fraction of sp³-hybridized carbons (Fsp3) is 0.842. The normalized spacial score (nSPS) is 12.2. The summed E-state index contributed by atoms with van der Waals surface area (Å²) in [5, 5.41) is 3.65. The average molecular weight is 576 g/mol. The maximum absolute atomic E-state index is 3.65. The zero-order chi connectivity index (χ0) is 28.9. The third-order valence-corrected chi connectivity index (χ3v) is 8.85. The number of hydrogen-bond donors (Lipinski definition) is 1. The first-order valence-corrected chi connectivity index (χ1v) is 19.3. The minimum absolute atomic E-state index is 1.12. The van der Waals surface area contributed by atoms with Gasteiger partial charge in [0.15, 0.2) is 0 Å². The molecule has 0 rings (SSSR count). The maximum atomic E-state index is 3.65. The first-order chi connectivity index (χ1) is 19.9. The van der Waals surface area contributed by atoms with E-state index in [1.54, 1.807) is 0 Å². The Hall–Kier alpha value is -0.470. The molecule has 1 N–H and O–H groups in total. The first-order valence-electron chi connectivity index (χ1n) is 18.1. The van der Waals surface area contributed by atoms with E-state index < -0.39 is 0 Å². The Morgan fingerprint density at radius 2 is 0.775 bits per heavy atom. The second-order valence-corrected chi connectivity index (χ2v) is 13.1. The van der Waals surface area contributed by atoms with Crippen molar-refractivity contribution in [2.45, 2.75) is 181 Å². The first kappa shape index (κ1) is 39.5. The van der Waals surface area contributed by atoms with E-state index in [1.165, 1.54) is 185 Å². The van der Waals surface area contributed by atoms with Crippen LogP contribution in [0.2, 0.25) is 0 Å². The van der Waals surface area contributed by atoms with E-state index in [2.05, 4.69) is 67.4 Å². The molecule has 0 aromatic carbocycles. The van der Waals surface area contributed by atoms with E-state index in [9.17, 15) is 0 Å². The van der Waals surface area contributed by atoms with Crippen LogP contribution < -0.4 is 5.32 Å². The highest BCUT2D eigenvalue weighted by Gasteiger charge is 1.95. The Morgan fingerprint density at radius 3 is 1.32 bits per heavy atom. The van der Waals surface area contributed by atoms with Crippen LogP contribution in [0, 0.1) is 0 Å². The average Bonchev–Trinajstić information content (AvgIpc) is 2.97. The van der Waals surface area contributed by atoms with Crippen LogP contribution in [0.15, 0.2) is 36.5 Å². The highest BCUT2D eigenvalue weighted by Crippen LogP contribution is 2.12. The molecule has 2 heteroatoms. The Labute approximate surface area is 258 Å². The zero-order valence-corrected chi connectivity index (χ0v) is 28.4. The molecule has 1 nitrogen and oxygen atoms in total. The van der Waals surface area contributed by atoms with Crippen LogP contribution in [-0.4, -0.2) is 24.6 Å². The molecule has 0 aliphatic carbocycles. The fourth-order valence-electron chi connectivity index (χ4n) is 5.06. The third-order valence-electron chi connectivity index (χ3n) is 7.78. The Morgan fingerprint density at radius 1 is 0.375 bits per heavy atom. The van der Waals surface area contributed by atoms with Gasteiger partial charge in [-0.25, -0.2) is 0 Å². The molecule has 0 radical (unpaired) electrons. The van der Waals surface area contributed by atoms with E-state index in [0.717, 1.165) is 6.42 Å². The smallest absolute Gasteiger partial charge is 0.00581 e. The highest BCUT2D eigenvalue weighted by molar-refractivity contribution is 7.99. The Bertz CT molecular complexity index is 524. The van der Waals surface area contributed by atoms with Crippen molar-refractivity contribution >= 4 is 11.8 Å². The molecule has 0 atom stereocenters. The highest BCUT2D eigenvalue weighted by atomic mass is 32.2. The zero-order valence-electron chi connectivity index (χ0n) is 27.6. The molecule has 0 bridgehead atoms. The summed E-state index contributed by atoms with van der Waals surface area (Å²) in [4.78, 5) is 0. The summed E-state index contributed by atoms with van der Waals surface area (Å²) in [6.45, 7) is 6.97. The molecule has 0 heterocycles. The van der Waals surface area contributed by atoms with Gasteiger partial charge < -0.3 is 5.32 Å². The molecule has 0 aromatic rings. The van der Waals surface area contributed by atoms with Crippen LogP contribution in [0.25, 0.3) is 0 Å². The van der Waals surface area contributed by atoms with Crippen LogP contribution in [-0.2, 0) is 0 Å². The van der Waals surface area contributed by atoms with E-state index in [4.69, 9.17) is 0 Å². The summed E-state index contributed by atoms with van der Waals surface area (Å²) in [6, 6.07) is 0. The summed E-state index contributed by atoms with van der Waals surface area (Å²) < 4.78 is 0. The Balaban J connectivity index is 3.12. The number of unbranched alkanes of at least 4 members (excludes halogenated alkanes) is 21. The predicted octanol–water partition coefficient (Wildman–Crippen LogP) is 13.2. The second-order valence-electron chi connectivity index (χ2n) is 11.9. The topological polar surface area (TPSA) is 12.0 Å². The largest absolute Gasteiger partial charge is 0.316 e. The molecule has 0 fully saturated rings. The van der Waals surface area contributed by atoms with Gasteiger partial charge in [0.2, 0.25) is 0 Å². The van der Waals surface area contributed by atoms with Gasteiger partial charge >= 0.3 is 0 Å². The van der Waals surface area contributed by atoms with Crippen molar-refractivity contribution in [1.82, 2.24) is 5.32 Å². The minimum atomic E-state index is 1.12. The lowest BCUT2D eigenvalue weighted by atomic mass is 10.1. The standard InChI is InChI=1S/C38H73NS/c1-3-5-7-9-11-13-15-17-19-21-23-25-27-29-31-33-35-39-36-38-40-37-34-32-30-28-26-24-22-20-18-16-14-12-10-8-6-4-2/h11,13,17-20,39H,3-10,12,14-16,21-38H2,1-2H3/b13-11?,19-17?,20-18-. The summed E-state index contributed by atoms with van der Waals surface area (Å²) in [5.41, 5.74) is 0. The van der Waals surface area contributed by atoms with Gasteiger partial charge in [0, 0.05) is 12.3 Å². The number of rotatable bonds is 34. The van der Waals surface area contributed by atoms with Crippen molar-refractivity contribution in [3.05, 3.63) is 36.5 Å². The second kappa shape index (κ2) is 38.5. The van der Waals surface area contributed by atoms with E-state index in [0.29, 0.717) is 0 Å². The van der Waals surface area contributed by atoms with Gasteiger partial charge in [-0.2, -0.15) is 11.8 Å². The molecule has 0 spiro atoms. The van der Waals surface area contributed by atoms with Gasteiger partial charge in [-0.15, -0.1) is 0 Å². The molecular formula is C38H73NS. The molecule has 0 saturated heterocycles. The molecule has 0 unspecified atom stereocenters. The van der Waals surface area contributed by atoms with Gasteiger partial charge in [-0.3, -0.25) is 0 Å². The van der Waals surface area contributed by atoms with E-state index in [1.807, 2.05) is 0 Å². The Kier molecular flexibility index (Phi) is 38.1. The van der Waals surface area contributed by atoms with Crippen LogP contribution in [0.5, 0.6) is 0 Å². The van der Waals surface area contributed by atoms with Crippen LogP contribution in [0.4, 0.5) is 0 Å². The number of nitrogens with one attached hydrogen (secondary N) is 1. The van der Waals surface area contributed by atoms with Crippen LogP contribution >= 0.6 is 11.8 Å². The lowest BCUT2D eigenvalue weighted by Crippen LogP contribution is -2.18. The van der Waals surface area contributed by atoms with E-state index in [-0.39, 0.29) is 0 Å². The summed E-state index contributed by atoms with van der Waals surface area (Å²) >= 11 is 2.15. The lowest BCUT2D eigenvalue weighted by Gasteiger charge is -2.05.